The first-order valence-electron chi connectivity index (χ1n) is 6.49. The standard InChI is InChI=1S/C15H14Cl2N2O2S/c1-3-7-22-15-18-8(2)11(14(20)21)13(19-15)9-5-4-6-10(16)12(9)17/h3-6,11,13H,1,7H2,2H3,(H,20,21). The van der Waals surface area contributed by atoms with Crippen molar-refractivity contribution in [2.24, 2.45) is 15.9 Å². The summed E-state index contributed by atoms with van der Waals surface area (Å²) in [5.74, 6) is -1.20. The van der Waals surface area contributed by atoms with Crippen LogP contribution >= 0.6 is 35.0 Å². The van der Waals surface area contributed by atoms with Crippen LogP contribution in [-0.2, 0) is 4.79 Å². The summed E-state index contributed by atoms with van der Waals surface area (Å²) in [5.41, 5.74) is 1.09. The van der Waals surface area contributed by atoms with Crippen LogP contribution in [0.5, 0.6) is 0 Å². The molecule has 2 atom stereocenters. The number of nitrogens with zero attached hydrogens (tertiary/aromatic N) is 2. The van der Waals surface area contributed by atoms with Gasteiger partial charge in [-0.1, -0.05) is 53.2 Å². The molecule has 1 aliphatic heterocycles. The molecule has 0 radical (unpaired) electrons. The number of amidine groups is 1. The summed E-state index contributed by atoms with van der Waals surface area (Å²) in [4.78, 5) is 20.4. The third-order valence-corrected chi connectivity index (χ3v) is 4.87. The number of aliphatic imine (C=N–C) groups is 2. The number of carboxylic acid groups (broad SMARTS) is 1. The highest BCUT2D eigenvalue weighted by molar-refractivity contribution is 8.14. The van der Waals surface area contributed by atoms with Crippen molar-refractivity contribution in [1.29, 1.82) is 0 Å². The fraction of sp³-hybridized carbons (Fsp3) is 0.267. The molecule has 0 amide bonds. The van der Waals surface area contributed by atoms with Crippen molar-refractivity contribution in [3.05, 3.63) is 46.5 Å². The predicted octanol–water partition coefficient (Wildman–Crippen LogP) is 4.49. The fourth-order valence-electron chi connectivity index (χ4n) is 2.19. The molecular formula is C15H14Cl2N2O2S. The topological polar surface area (TPSA) is 62.0 Å². The maximum atomic E-state index is 11.6. The molecule has 1 aliphatic rings. The van der Waals surface area contributed by atoms with E-state index in [9.17, 15) is 9.90 Å². The highest BCUT2D eigenvalue weighted by Crippen LogP contribution is 2.38. The third kappa shape index (κ3) is 3.54. The number of rotatable bonds is 4. The molecule has 0 saturated heterocycles. The summed E-state index contributed by atoms with van der Waals surface area (Å²) in [6, 6.07) is 4.49. The second kappa shape index (κ2) is 7.31. The number of carboxylic acids is 1. The summed E-state index contributed by atoms with van der Waals surface area (Å²) in [5, 5.41) is 10.7. The number of halogens is 2. The molecule has 22 heavy (non-hydrogen) atoms. The van der Waals surface area contributed by atoms with E-state index in [0.717, 1.165) is 0 Å². The van der Waals surface area contributed by atoms with E-state index in [0.29, 0.717) is 32.2 Å². The molecule has 1 heterocycles. The minimum atomic E-state index is -0.987. The number of hydrogen-bond acceptors (Lipinski definition) is 4. The molecule has 2 unspecified atom stereocenters. The minimum Gasteiger partial charge on any atom is -0.481 e. The zero-order valence-electron chi connectivity index (χ0n) is 11.8. The van der Waals surface area contributed by atoms with E-state index in [1.54, 1.807) is 31.2 Å². The molecular weight excluding hydrogens is 343 g/mol. The quantitative estimate of drug-likeness (QED) is 0.808. The van der Waals surface area contributed by atoms with Crippen LogP contribution in [0, 0.1) is 5.92 Å². The number of aliphatic carboxylic acids is 1. The first kappa shape index (κ1) is 17.1. The van der Waals surface area contributed by atoms with E-state index >= 15 is 0 Å². The van der Waals surface area contributed by atoms with E-state index in [-0.39, 0.29) is 0 Å². The van der Waals surface area contributed by atoms with Crippen LogP contribution in [0.3, 0.4) is 0 Å². The molecule has 0 spiro atoms. The number of hydrogen-bond donors (Lipinski definition) is 1. The van der Waals surface area contributed by atoms with Crippen molar-refractivity contribution in [3.8, 4) is 0 Å². The molecule has 0 aromatic heterocycles. The SMILES string of the molecule is C=CCSC1=NC(c2cccc(Cl)c2Cl)C(C(=O)O)C(C)=N1. The lowest BCUT2D eigenvalue weighted by Gasteiger charge is -2.26. The molecule has 1 aromatic carbocycles. The van der Waals surface area contributed by atoms with Crippen LogP contribution in [0.15, 0.2) is 40.8 Å². The highest BCUT2D eigenvalue weighted by atomic mass is 35.5. The largest absolute Gasteiger partial charge is 0.481 e. The van der Waals surface area contributed by atoms with Gasteiger partial charge in [0.1, 0.15) is 5.92 Å². The second-order valence-electron chi connectivity index (χ2n) is 4.67. The molecule has 116 valence electrons. The Labute approximate surface area is 142 Å². The summed E-state index contributed by atoms with van der Waals surface area (Å²) in [6.07, 6.45) is 1.74. The lowest BCUT2D eigenvalue weighted by atomic mass is 9.89. The van der Waals surface area contributed by atoms with Crippen molar-refractivity contribution < 1.29 is 9.90 Å². The Morgan fingerprint density at radius 1 is 1.50 bits per heavy atom. The van der Waals surface area contributed by atoms with Gasteiger partial charge in [0.05, 0.1) is 16.1 Å². The Hall–Kier alpha value is -1.30. The Balaban J connectivity index is 2.49. The zero-order chi connectivity index (χ0) is 16.3. The van der Waals surface area contributed by atoms with Gasteiger partial charge in [0.15, 0.2) is 5.17 Å². The molecule has 0 bridgehead atoms. The normalized spacial score (nSPS) is 21.0. The molecule has 1 aromatic rings. The fourth-order valence-corrected chi connectivity index (χ4v) is 3.27. The first-order chi connectivity index (χ1) is 10.5. The average Bonchev–Trinajstić information content (AvgIpc) is 2.46. The van der Waals surface area contributed by atoms with Gasteiger partial charge in [-0.15, -0.1) is 6.58 Å². The molecule has 0 fully saturated rings. The van der Waals surface area contributed by atoms with E-state index in [4.69, 9.17) is 23.2 Å². The van der Waals surface area contributed by atoms with Crippen LogP contribution in [0.2, 0.25) is 10.0 Å². The van der Waals surface area contributed by atoms with Gasteiger partial charge in [0.25, 0.3) is 0 Å². The van der Waals surface area contributed by atoms with Crippen LogP contribution < -0.4 is 0 Å². The Bertz CT molecular complexity index is 674. The van der Waals surface area contributed by atoms with Gasteiger partial charge in [-0.25, -0.2) is 4.99 Å². The van der Waals surface area contributed by atoms with E-state index in [2.05, 4.69) is 16.6 Å². The van der Waals surface area contributed by atoms with Gasteiger partial charge in [0.2, 0.25) is 0 Å². The number of thioether (sulfide) groups is 1. The van der Waals surface area contributed by atoms with Gasteiger partial charge >= 0.3 is 5.97 Å². The Morgan fingerprint density at radius 2 is 2.23 bits per heavy atom. The third-order valence-electron chi connectivity index (χ3n) is 3.18. The smallest absolute Gasteiger partial charge is 0.314 e. The van der Waals surface area contributed by atoms with Gasteiger partial charge < -0.3 is 5.11 Å². The molecule has 0 saturated carbocycles. The molecule has 1 N–H and O–H groups in total. The second-order valence-corrected chi connectivity index (χ2v) is 6.44. The van der Waals surface area contributed by atoms with Crippen LogP contribution in [0.4, 0.5) is 0 Å². The van der Waals surface area contributed by atoms with E-state index in [1.165, 1.54) is 11.8 Å². The van der Waals surface area contributed by atoms with Crippen molar-refractivity contribution in [3.63, 3.8) is 0 Å². The predicted molar refractivity (Wildman–Crippen MR) is 93.5 cm³/mol. The highest BCUT2D eigenvalue weighted by Gasteiger charge is 2.36. The van der Waals surface area contributed by atoms with Crippen molar-refractivity contribution >= 4 is 51.8 Å². The van der Waals surface area contributed by atoms with Gasteiger partial charge in [-0.2, -0.15) is 0 Å². The molecule has 2 rings (SSSR count). The monoisotopic (exact) mass is 356 g/mol. The van der Waals surface area contributed by atoms with Crippen molar-refractivity contribution in [2.45, 2.75) is 13.0 Å². The molecule has 4 nitrogen and oxygen atoms in total. The zero-order valence-corrected chi connectivity index (χ0v) is 14.1. The first-order valence-corrected chi connectivity index (χ1v) is 8.23. The maximum Gasteiger partial charge on any atom is 0.314 e. The summed E-state index contributed by atoms with van der Waals surface area (Å²) in [7, 11) is 0. The average molecular weight is 357 g/mol. The van der Waals surface area contributed by atoms with E-state index < -0.39 is 17.9 Å². The Kier molecular flexibility index (Phi) is 5.67. The van der Waals surface area contributed by atoms with Crippen LogP contribution in [0.1, 0.15) is 18.5 Å². The van der Waals surface area contributed by atoms with Crippen LogP contribution in [0.25, 0.3) is 0 Å². The van der Waals surface area contributed by atoms with Gasteiger partial charge in [-0.3, -0.25) is 9.79 Å². The van der Waals surface area contributed by atoms with Crippen molar-refractivity contribution in [2.75, 3.05) is 5.75 Å². The molecule has 0 aliphatic carbocycles. The van der Waals surface area contributed by atoms with E-state index in [1.807, 2.05) is 0 Å². The number of benzene rings is 1. The Morgan fingerprint density at radius 3 is 2.86 bits per heavy atom. The summed E-state index contributed by atoms with van der Waals surface area (Å²) < 4.78 is 0. The molecule has 7 heteroatoms. The summed E-state index contributed by atoms with van der Waals surface area (Å²) in [6.45, 7) is 5.34. The number of carbonyl (C=O) groups is 1. The van der Waals surface area contributed by atoms with Crippen LogP contribution in [-0.4, -0.2) is 27.7 Å². The van der Waals surface area contributed by atoms with Crippen molar-refractivity contribution in [1.82, 2.24) is 0 Å². The lowest BCUT2D eigenvalue weighted by Crippen LogP contribution is -2.31. The maximum absolute atomic E-state index is 11.6. The summed E-state index contributed by atoms with van der Waals surface area (Å²) >= 11 is 13.7. The van der Waals surface area contributed by atoms with Gasteiger partial charge in [0, 0.05) is 11.5 Å². The minimum absolute atomic E-state index is 0.326. The lowest BCUT2D eigenvalue weighted by molar-refractivity contribution is -0.140. The van der Waals surface area contributed by atoms with Gasteiger partial charge in [-0.05, 0) is 18.6 Å².